The summed E-state index contributed by atoms with van der Waals surface area (Å²) in [6.45, 7) is 2.37. The molecule has 0 saturated carbocycles. The SMILES string of the molecule is COCCn1c(SC(C)C(N)=O)nc2cc(Cl)ccc2c1=O. The maximum atomic E-state index is 12.6. The van der Waals surface area contributed by atoms with Gasteiger partial charge in [0.15, 0.2) is 5.16 Å². The van der Waals surface area contributed by atoms with Gasteiger partial charge in [0.05, 0.1) is 29.3 Å². The molecule has 118 valence electrons. The number of primary amides is 1. The van der Waals surface area contributed by atoms with E-state index in [0.717, 1.165) is 11.8 Å². The summed E-state index contributed by atoms with van der Waals surface area (Å²) in [7, 11) is 1.55. The molecule has 8 heteroatoms. The number of nitrogens with two attached hydrogens (primary N) is 1. The van der Waals surface area contributed by atoms with Crippen LogP contribution in [0.2, 0.25) is 5.02 Å². The van der Waals surface area contributed by atoms with Crippen LogP contribution >= 0.6 is 23.4 Å². The number of thioether (sulfide) groups is 1. The molecule has 2 N–H and O–H groups in total. The summed E-state index contributed by atoms with van der Waals surface area (Å²) < 4.78 is 6.52. The van der Waals surface area contributed by atoms with Crippen molar-refractivity contribution in [3.63, 3.8) is 0 Å². The molecular formula is C14H16ClN3O3S. The van der Waals surface area contributed by atoms with Crippen LogP contribution in [-0.2, 0) is 16.1 Å². The molecule has 2 aromatic rings. The Morgan fingerprint density at radius 2 is 2.27 bits per heavy atom. The monoisotopic (exact) mass is 341 g/mol. The van der Waals surface area contributed by atoms with Crippen LogP contribution in [0.4, 0.5) is 0 Å². The topological polar surface area (TPSA) is 87.2 Å². The van der Waals surface area contributed by atoms with Crippen molar-refractivity contribution in [2.24, 2.45) is 5.73 Å². The number of aromatic nitrogens is 2. The van der Waals surface area contributed by atoms with Crippen molar-refractivity contribution in [3.8, 4) is 0 Å². The molecule has 0 bridgehead atoms. The number of carbonyl (C=O) groups excluding carboxylic acids is 1. The summed E-state index contributed by atoms with van der Waals surface area (Å²) in [4.78, 5) is 28.3. The van der Waals surface area contributed by atoms with Crippen molar-refractivity contribution in [3.05, 3.63) is 33.6 Å². The van der Waals surface area contributed by atoms with Gasteiger partial charge in [-0.25, -0.2) is 4.98 Å². The molecule has 2 rings (SSSR count). The largest absolute Gasteiger partial charge is 0.383 e. The molecule has 0 saturated heterocycles. The Hall–Kier alpha value is -1.57. The van der Waals surface area contributed by atoms with Gasteiger partial charge in [-0.3, -0.25) is 14.2 Å². The molecule has 1 aromatic carbocycles. The van der Waals surface area contributed by atoms with Crippen LogP contribution in [0.15, 0.2) is 28.2 Å². The first-order chi connectivity index (χ1) is 10.4. The fraction of sp³-hybridized carbons (Fsp3) is 0.357. The van der Waals surface area contributed by atoms with Gasteiger partial charge in [0.25, 0.3) is 5.56 Å². The van der Waals surface area contributed by atoms with E-state index in [4.69, 9.17) is 22.1 Å². The lowest BCUT2D eigenvalue weighted by atomic mass is 10.2. The fourth-order valence-corrected chi connectivity index (χ4v) is 2.91. The number of carbonyl (C=O) groups is 1. The van der Waals surface area contributed by atoms with E-state index in [1.165, 1.54) is 4.57 Å². The van der Waals surface area contributed by atoms with Crippen molar-refractivity contribution >= 4 is 40.2 Å². The molecule has 1 aromatic heterocycles. The molecule has 0 spiro atoms. The number of halogens is 1. The first-order valence-corrected chi connectivity index (χ1v) is 7.84. The summed E-state index contributed by atoms with van der Waals surface area (Å²) in [5, 5.41) is 0.880. The van der Waals surface area contributed by atoms with Crippen molar-refractivity contribution in [2.45, 2.75) is 23.9 Å². The summed E-state index contributed by atoms with van der Waals surface area (Å²) in [6, 6.07) is 4.91. The Morgan fingerprint density at radius 3 is 2.91 bits per heavy atom. The number of amides is 1. The van der Waals surface area contributed by atoms with Gasteiger partial charge in [0.2, 0.25) is 5.91 Å². The van der Waals surface area contributed by atoms with E-state index in [-0.39, 0.29) is 5.56 Å². The van der Waals surface area contributed by atoms with E-state index in [1.807, 2.05) is 0 Å². The second-order valence-corrected chi connectivity index (χ2v) is 6.41. The van der Waals surface area contributed by atoms with Gasteiger partial charge >= 0.3 is 0 Å². The normalized spacial score (nSPS) is 12.5. The van der Waals surface area contributed by atoms with E-state index in [9.17, 15) is 9.59 Å². The third-order valence-electron chi connectivity index (χ3n) is 3.08. The lowest BCUT2D eigenvalue weighted by Crippen LogP contribution is -2.28. The molecule has 6 nitrogen and oxygen atoms in total. The Labute approximate surface area is 136 Å². The predicted molar refractivity (Wildman–Crippen MR) is 87.4 cm³/mol. The molecule has 1 amide bonds. The highest BCUT2D eigenvalue weighted by Crippen LogP contribution is 2.23. The van der Waals surface area contributed by atoms with Gasteiger partial charge in [0.1, 0.15) is 0 Å². The van der Waals surface area contributed by atoms with E-state index in [0.29, 0.717) is 34.2 Å². The second-order valence-electron chi connectivity index (χ2n) is 4.67. The number of rotatable bonds is 6. The van der Waals surface area contributed by atoms with E-state index in [2.05, 4.69) is 4.98 Å². The molecular weight excluding hydrogens is 326 g/mol. The average Bonchev–Trinajstić information content (AvgIpc) is 2.46. The van der Waals surface area contributed by atoms with Crippen molar-refractivity contribution in [1.82, 2.24) is 9.55 Å². The third-order valence-corrected chi connectivity index (χ3v) is 4.43. The van der Waals surface area contributed by atoms with Crippen molar-refractivity contribution in [2.75, 3.05) is 13.7 Å². The minimum absolute atomic E-state index is 0.196. The number of fused-ring (bicyclic) bond motifs is 1. The molecule has 0 aliphatic rings. The predicted octanol–water partition coefficient (Wildman–Crippen LogP) is 1.66. The lowest BCUT2D eigenvalue weighted by molar-refractivity contribution is -0.117. The zero-order valence-corrected chi connectivity index (χ0v) is 13.8. The van der Waals surface area contributed by atoms with E-state index in [1.54, 1.807) is 32.2 Å². The van der Waals surface area contributed by atoms with Crippen LogP contribution in [0.1, 0.15) is 6.92 Å². The van der Waals surface area contributed by atoms with Gasteiger partial charge in [-0.2, -0.15) is 0 Å². The maximum Gasteiger partial charge on any atom is 0.262 e. The number of benzene rings is 1. The van der Waals surface area contributed by atoms with Crippen LogP contribution in [0.3, 0.4) is 0 Å². The van der Waals surface area contributed by atoms with Crippen LogP contribution in [-0.4, -0.2) is 34.4 Å². The Kier molecular flexibility index (Phi) is 5.44. The molecule has 1 heterocycles. The molecule has 0 aliphatic carbocycles. The van der Waals surface area contributed by atoms with Crippen LogP contribution in [0, 0.1) is 0 Å². The highest BCUT2D eigenvalue weighted by atomic mass is 35.5. The van der Waals surface area contributed by atoms with Crippen LogP contribution in [0.25, 0.3) is 10.9 Å². The maximum absolute atomic E-state index is 12.6. The summed E-state index contributed by atoms with van der Waals surface area (Å²) in [6.07, 6.45) is 0. The Balaban J connectivity index is 2.59. The number of hydrogen-bond donors (Lipinski definition) is 1. The number of methoxy groups -OCH3 is 1. The summed E-state index contributed by atoms with van der Waals surface area (Å²) in [5.74, 6) is -0.469. The van der Waals surface area contributed by atoms with Gasteiger partial charge in [-0.05, 0) is 25.1 Å². The second kappa shape index (κ2) is 7.13. The summed E-state index contributed by atoms with van der Waals surface area (Å²) >= 11 is 7.10. The molecule has 1 atom stereocenters. The third kappa shape index (κ3) is 3.60. The highest BCUT2D eigenvalue weighted by molar-refractivity contribution is 8.00. The zero-order chi connectivity index (χ0) is 16.3. The van der Waals surface area contributed by atoms with Gasteiger partial charge in [-0.1, -0.05) is 23.4 Å². The van der Waals surface area contributed by atoms with Crippen LogP contribution in [0.5, 0.6) is 0 Å². The minimum Gasteiger partial charge on any atom is -0.383 e. The first kappa shape index (κ1) is 16.8. The standard InChI is InChI=1S/C14H16ClN3O3S/c1-8(12(16)19)22-14-17-11-7-9(15)3-4-10(11)13(20)18(14)5-6-21-2/h3-4,7-8H,5-6H2,1-2H3,(H2,16,19). The number of nitrogens with zero attached hydrogens (tertiary/aromatic N) is 2. The van der Waals surface area contributed by atoms with E-state index >= 15 is 0 Å². The van der Waals surface area contributed by atoms with Gasteiger partial charge in [-0.15, -0.1) is 0 Å². The quantitative estimate of drug-likeness (QED) is 0.637. The molecule has 22 heavy (non-hydrogen) atoms. The van der Waals surface area contributed by atoms with E-state index < -0.39 is 11.2 Å². The Morgan fingerprint density at radius 1 is 1.55 bits per heavy atom. The number of hydrogen-bond acceptors (Lipinski definition) is 5. The van der Waals surface area contributed by atoms with Crippen molar-refractivity contribution in [1.29, 1.82) is 0 Å². The minimum atomic E-state index is -0.502. The first-order valence-electron chi connectivity index (χ1n) is 6.59. The zero-order valence-electron chi connectivity index (χ0n) is 12.2. The highest BCUT2D eigenvalue weighted by Gasteiger charge is 2.17. The van der Waals surface area contributed by atoms with Gasteiger partial charge < -0.3 is 10.5 Å². The summed E-state index contributed by atoms with van der Waals surface area (Å²) in [5.41, 5.74) is 5.58. The molecule has 0 fully saturated rings. The smallest absolute Gasteiger partial charge is 0.262 e. The molecule has 0 radical (unpaired) electrons. The van der Waals surface area contributed by atoms with Crippen molar-refractivity contribution < 1.29 is 9.53 Å². The van der Waals surface area contributed by atoms with Crippen LogP contribution < -0.4 is 11.3 Å². The average molecular weight is 342 g/mol. The number of ether oxygens (including phenoxy) is 1. The van der Waals surface area contributed by atoms with Gasteiger partial charge in [0, 0.05) is 12.1 Å². The Bertz CT molecular complexity index is 763. The fourth-order valence-electron chi connectivity index (χ4n) is 1.86. The molecule has 1 unspecified atom stereocenters. The lowest BCUT2D eigenvalue weighted by Gasteiger charge is -2.14. The molecule has 0 aliphatic heterocycles.